The quantitative estimate of drug-likeness (QED) is 0.804. The number of nitrogens with zero attached hydrogens (tertiary/aromatic N) is 1. The molecule has 0 radical (unpaired) electrons. The van der Waals surface area contributed by atoms with Crippen LogP contribution < -0.4 is 0 Å². The van der Waals surface area contributed by atoms with Gasteiger partial charge in [-0.15, -0.1) is 0 Å². The number of rotatable bonds is 2. The van der Waals surface area contributed by atoms with Gasteiger partial charge in [0.15, 0.2) is 0 Å². The van der Waals surface area contributed by atoms with Crippen molar-refractivity contribution in [3.63, 3.8) is 0 Å². The molecule has 2 fully saturated rings. The third kappa shape index (κ3) is 3.64. The van der Waals surface area contributed by atoms with E-state index in [4.69, 9.17) is 0 Å². The Morgan fingerprint density at radius 2 is 2.12 bits per heavy atom. The molecule has 16 heavy (non-hydrogen) atoms. The van der Waals surface area contributed by atoms with Gasteiger partial charge in [-0.2, -0.15) is 11.8 Å². The number of hydrogen-bond acceptors (Lipinski definition) is 3. The summed E-state index contributed by atoms with van der Waals surface area (Å²) in [5.74, 6) is 3.94. The van der Waals surface area contributed by atoms with Crippen LogP contribution in [0.25, 0.3) is 0 Å². The van der Waals surface area contributed by atoms with Gasteiger partial charge in [0.2, 0.25) is 0 Å². The van der Waals surface area contributed by atoms with Gasteiger partial charge in [-0.1, -0.05) is 6.92 Å². The summed E-state index contributed by atoms with van der Waals surface area (Å²) in [6.45, 7) is 5.93. The topological polar surface area (TPSA) is 23.5 Å². The molecule has 0 aromatic rings. The standard InChI is InChI=1S/C13H25NOS/c1-11-3-4-13(15)12(9-11)10-14-5-2-7-16-8-6-14/h11-13,15H,2-10H2,1H3. The summed E-state index contributed by atoms with van der Waals surface area (Å²) in [6, 6.07) is 0. The highest BCUT2D eigenvalue weighted by Crippen LogP contribution is 2.30. The van der Waals surface area contributed by atoms with E-state index in [1.807, 2.05) is 0 Å². The lowest BCUT2D eigenvalue weighted by Gasteiger charge is -2.35. The van der Waals surface area contributed by atoms with Crippen molar-refractivity contribution in [3.8, 4) is 0 Å². The molecule has 94 valence electrons. The number of thioether (sulfide) groups is 1. The first-order chi connectivity index (χ1) is 7.75. The van der Waals surface area contributed by atoms with Crippen LogP contribution in [0.3, 0.4) is 0 Å². The fraction of sp³-hybridized carbons (Fsp3) is 1.00. The number of aliphatic hydroxyl groups excluding tert-OH is 1. The van der Waals surface area contributed by atoms with E-state index in [-0.39, 0.29) is 6.10 Å². The summed E-state index contributed by atoms with van der Waals surface area (Å²) in [4.78, 5) is 2.58. The Morgan fingerprint density at radius 3 is 3.00 bits per heavy atom. The van der Waals surface area contributed by atoms with Gasteiger partial charge in [-0.3, -0.25) is 0 Å². The summed E-state index contributed by atoms with van der Waals surface area (Å²) in [5, 5.41) is 10.1. The molecule has 3 atom stereocenters. The van der Waals surface area contributed by atoms with E-state index in [0.29, 0.717) is 5.92 Å². The molecule has 0 aromatic carbocycles. The zero-order chi connectivity index (χ0) is 11.4. The predicted octanol–water partition coefficient (Wildman–Crippen LogP) is 2.22. The summed E-state index contributed by atoms with van der Waals surface area (Å²) in [7, 11) is 0. The summed E-state index contributed by atoms with van der Waals surface area (Å²) >= 11 is 2.08. The molecular formula is C13H25NOS. The van der Waals surface area contributed by atoms with Crippen LogP contribution in [0, 0.1) is 11.8 Å². The molecule has 2 aliphatic rings. The van der Waals surface area contributed by atoms with Gasteiger partial charge in [0, 0.05) is 18.8 Å². The van der Waals surface area contributed by atoms with Crippen molar-refractivity contribution in [1.29, 1.82) is 0 Å². The zero-order valence-corrected chi connectivity index (χ0v) is 11.2. The van der Waals surface area contributed by atoms with Crippen molar-refractivity contribution in [1.82, 2.24) is 4.90 Å². The third-order valence-corrected chi connectivity index (χ3v) is 5.06. The largest absolute Gasteiger partial charge is 0.393 e. The lowest BCUT2D eigenvalue weighted by Crippen LogP contribution is -2.39. The van der Waals surface area contributed by atoms with Crippen LogP contribution in [0.15, 0.2) is 0 Å². The van der Waals surface area contributed by atoms with Crippen molar-refractivity contribution in [2.24, 2.45) is 11.8 Å². The number of hydrogen-bond donors (Lipinski definition) is 1. The lowest BCUT2D eigenvalue weighted by molar-refractivity contribution is 0.0319. The Morgan fingerprint density at radius 1 is 1.25 bits per heavy atom. The maximum absolute atomic E-state index is 10.1. The van der Waals surface area contributed by atoms with Crippen LogP contribution in [0.2, 0.25) is 0 Å². The molecular weight excluding hydrogens is 218 g/mol. The van der Waals surface area contributed by atoms with E-state index in [2.05, 4.69) is 23.6 Å². The number of aliphatic hydroxyl groups is 1. The van der Waals surface area contributed by atoms with Crippen molar-refractivity contribution in [3.05, 3.63) is 0 Å². The van der Waals surface area contributed by atoms with Gasteiger partial charge in [0.25, 0.3) is 0 Å². The zero-order valence-electron chi connectivity index (χ0n) is 10.4. The second-order valence-corrected chi connectivity index (χ2v) is 6.74. The minimum Gasteiger partial charge on any atom is -0.393 e. The molecule has 1 saturated heterocycles. The molecule has 0 spiro atoms. The van der Waals surface area contributed by atoms with Crippen LogP contribution in [0.1, 0.15) is 32.6 Å². The van der Waals surface area contributed by atoms with E-state index in [0.717, 1.165) is 18.9 Å². The Hall–Kier alpha value is 0.270. The van der Waals surface area contributed by atoms with E-state index in [1.54, 1.807) is 0 Å². The molecule has 0 amide bonds. The fourth-order valence-electron chi connectivity index (χ4n) is 2.99. The maximum Gasteiger partial charge on any atom is 0.0580 e. The first kappa shape index (κ1) is 12.7. The Balaban J connectivity index is 1.81. The minimum absolute atomic E-state index is 0.0351. The highest BCUT2D eigenvalue weighted by molar-refractivity contribution is 7.99. The molecule has 1 aliphatic carbocycles. The normalized spacial score (nSPS) is 38.2. The van der Waals surface area contributed by atoms with Crippen LogP contribution in [-0.4, -0.2) is 47.3 Å². The van der Waals surface area contributed by atoms with Crippen molar-refractivity contribution in [2.45, 2.75) is 38.7 Å². The molecule has 1 N–H and O–H groups in total. The molecule has 0 bridgehead atoms. The molecule has 1 saturated carbocycles. The van der Waals surface area contributed by atoms with Gasteiger partial charge in [0.1, 0.15) is 0 Å². The van der Waals surface area contributed by atoms with E-state index in [1.165, 1.54) is 43.9 Å². The van der Waals surface area contributed by atoms with Gasteiger partial charge in [-0.05, 0) is 49.8 Å². The second-order valence-electron chi connectivity index (χ2n) is 5.51. The van der Waals surface area contributed by atoms with Gasteiger partial charge < -0.3 is 10.0 Å². The molecule has 1 aliphatic heterocycles. The SMILES string of the molecule is CC1CCC(O)C(CN2CCCSCC2)C1. The van der Waals surface area contributed by atoms with Crippen LogP contribution in [-0.2, 0) is 0 Å². The third-order valence-electron chi connectivity index (χ3n) is 4.01. The second kappa shape index (κ2) is 6.27. The van der Waals surface area contributed by atoms with E-state index in [9.17, 15) is 5.11 Å². The van der Waals surface area contributed by atoms with E-state index >= 15 is 0 Å². The van der Waals surface area contributed by atoms with Crippen molar-refractivity contribution in [2.75, 3.05) is 31.1 Å². The van der Waals surface area contributed by atoms with Crippen molar-refractivity contribution >= 4 is 11.8 Å². The first-order valence-corrected chi connectivity index (χ1v) is 7.89. The molecule has 0 aromatic heterocycles. The lowest BCUT2D eigenvalue weighted by atomic mass is 9.80. The Bertz CT molecular complexity index is 204. The van der Waals surface area contributed by atoms with E-state index < -0.39 is 0 Å². The monoisotopic (exact) mass is 243 g/mol. The minimum atomic E-state index is -0.0351. The maximum atomic E-state index is 10.1. The van der Waals surface area contributed by atoms with Crippen LogP contribution >= 0.6 is 11.8 Å². The summed E-state index contributed by atoms with van der Waals surface area (Å²) in [6.07, 6.45) is 4.75. The first-order valence-electron chi connectivity index (χ1n) is 6.74. The molecule has 2 rings (SSSR count). The van der Waals surface area contributed by atoms with Gasteiger partial charge in [-0.25, -0.2) is 0 Å². The highest BCUT2D eigenvalue weighted by Gasteiger charge is 2.28. The fourth-order valence-corrected chi connectivity index (χ4v) is 3.92. The molecule has 2 nitrogen and oxygen atoms in total. The molecule has 3 heteroatoms. The predicted molar refractivity (Wildman–Crippen MR) is 70.9 cm³/mol. The summed E-state index contributed by atoms with van der Waals surface area (Å²) in [5.41, 5.74) is 0. The van der Waals surface area contributed by atoms with Gasteiger partial charge in [0.05, 0.1) is 6.10 Å². The summed E-state index contributed by atoms with van der Waals surface area (Å²) < 4.78 is 0. The average molecular weight is 243 g/mol. The smallest absolute Gasteiger partial charge is 0.0580 e. The van der Waals surface area contributed by atoms with Crippen LogP contribution in [0.5, 0.6) is 0 Å². The molecule has 1 heterocycles. The molecule has 3 unspecified atom stereocenters. The Kier molecular flexibility index (Phi) is 4.98. The average Bonchev–Trinajstić information content (AvgIpc) is 2.52. The van der Waals surface area contributed by atoms with Gasteiger partial charge >= 0.3 is 0 Å². The highest BCUT2D eigenvalue weighted by atomic mass is 32.2. The van der Waals surface area contributed by atoms with Crippen LogP contribution in [0.4, 0.5) is 0 Å². The van der Waals surface area contributed by atoms with Crippen molar-refractivity contribution < 1.29 is 5.11 Å². The Labute approximate surface area is 104 Å².